The number of fused-ring (bicyclic) bond motifs is 1. The standard InChI is InChI=1S/C13H7ClFN3OS/c14-8-2-1-3-9(15)12(8)13(19)16-7-4-5-10-11(6-7)18-20-17-10/h1-6H,(H,16,19). The maximum atomic E-state index is 13.6. The molecule has 3 rings (SSSR count). The van der Waals surface area contributed by atoms with Crippen LogP contribution in [0.25, 0.3) is 11.0 Å². The Morgan fingerprint density at radius 3 is 2.80 bits per heavy atom. The second kappa shape index (κ2) is 5.15. The topological polar surface area (TPSA) is 54.9 Å². The van der Waals surface area contributed by atoms with Gasteiger partial charge >= 0.3 is 0 Å². The lowest BCUT2D eigenvalue weighted by molar-refractivity contribution is 0.102. The summed E-state index contributed by atoms with van der Waals surface area (Å²) >= 11 is 6.93. The number of nitrogens with one attached hydrogen (secondary N) is 1. The van der Waals surface area contributed by atoms with Crippen molar-refractivity contribution in [1.29, 1.82) is 0 Å². The molecule has 1 heterocycles. The molecule has 4 nitrogen and oxygen atoms in total. The highest BCUT2D eigenvalue weighted by atomic mass is 35.5. The van der Waals surface area contributed by atoms with Gasteiger partial charge in [0.15, 0.2) is 0 Å². The van der Waals surface area contributed by atoms with Crippen molar-refractivity contribution in [3.8, 4) is 0 Å². The van der Waals surface area contributed by atoms with Gasteiger partial charge in [-0.05, 0) is 30.3 Å². The average Bonchev–Trinajstić information content (AvgIpc) is 2.85. The molecule has 0 aliphatic rings. The Kier molecular flexibility index (Phi) is 3.33. The van der Waals surface area contributed by atoms with Crippen LogP contribution >= 0.6 is 23.3 Å². The number of benzene rings is 2. The molecule has 0 saturated carbocycles. The summed E-state index contributed by atoms with van der Waals surface area (Å²) in [7, 11) is 0. The van der Waals surface area contributed by atoms with Crippen LogP contribution in [0, 0.1) is 5.82 Å². The highest BCUT2D eigenvalue weighted by Gasteiger charge is 2.16. The highest BCUT2D eigenvalue weighted by Crippen LogP contribution is 2.22. The molecule has 0 aliphatic heterocycles. The predicted octanol–water partition coefficient (Wildman–Crippen LogP) is 3.74. The fraction of sp³-hybridized carbons (Fsp3) is 0. The molecule has 0 atom stereocenters. The maximum Gasteiger partial charge on any atom is 0.260 e. The van der Waals surface area contributed by atoms with Crippen molar-refractivity contribution in [2.45, 2.75) is 0 Å². The number of hydrogen-bond donors (Lipinski definition) is 1. The van der Waals surface area contributed by atoms with E-state index in [-0.39, 0.29) is 10.6 Å². The second-order valence-corrected chi connectivity index (χ2v) is 4.95. The third-order valence-electron chi connectivity index (χ3n) is 2.70. The lowest BCUT2D eigenvalue weighted by Crippen LogP contribution is -2.14. The SMILES string of the molecule is O=C(Nc1ccc2nsnc2c1)c1c(F)cccc1Cl. The molecule has 0 radical (unpaired) electrons. The number of amides is 1. The molecule has 0 saturated heterocycles. The molecule has 0 aliphatic carbocycles. The summed E-state index contributed by atoms with van der Waals surface area (Å²) in [6.45, 7) is 0. The van der Waals surface area contributed by atoms with Crippen LogP contribution in [0.2, 0.25) is 5.02 Å². The van der Waals surface area contributed by atoms with Gasteiger partial charge in [-0.1, -0.05) is 17.7 Å². The van der Waals surface area contributed by atoms with Crippen LogP contribution in [-0.4, -0.2) is 14.7 Å². The Bertz CT molecular complexity index is 785. The number of rotatable bonds is 2. The fourth-order valence-corrected chi connectivity index (χ4v) is 2.53. The number of carbonyl (C=O) groups is 1. The van der Waals surface area contributed by atoms with Gasteiger partial charge in [-0.15, -0.1) is 0 Å². The Balaban J connectivity index is 1.92. The van der Waals surface area contributed by atoms with Gasteiger partial charge in [0.25, 0.3) is 5.91 Å². The Morgan fingerprint density at radius 1 is 1.20 bits per heavy atom. The zero-order valence-corrected chi connectivity index (χ0v) is 11.5. The zero-order valence-electron chi connectivity index (χ0n) is 9.93. The van der Waals surface area contributed by atoms with Gasteiger partial charge in [-0.3, -0.25) is 4.79 Å². The van der Waals surface area contributed by atoms with Crippen LogP contribution < -0.4 is 5.32 Å². The van der Waals surface area contributed by atoms with Gasteiger partial charge in [-0.25, -0.2) is 4.39 Å². The quantitative estimate of drug-likeness (QED) is 0.784. The number of aromatic nitrogens is 2. The Morgan fingerprint density at radius 2 is 2.00 bits per heavy atom. The van der Waals surface area contributed by atoms with E-state index >= 15 is 0 Å². The normalized spacial score (nSPS) is 10.7. The van der Waals surface area contributed by atoms with Crippen molar-refractivity contribution in [1.82, 2.24) is 8.75 Å². The average molecular weight is 308 g/mol. The van der Waals surface area contributed by atoms with Gasteiger partial charge in [-0.2, -0.15) is 8.75 Å². The van der Waals surface area contributed by atoms with E-state index in [0.29, 0.717) is 11.2 Å². The van der Waals surface area contributed by atoms with Crippen molar-refractivity contribution < 1.29 is 9.18 Å². The smallest absolute Gasteiger partial charge is 0.260 e. The van der Waals surface area contributed by atoms with E-state index in [1.54, 1.807) is 18.2 Å². The first-order chi connectivity index (χ1) is 9.65. The number of anilines is 1. The summed E-state index contributed by atoms with van der Waals surface area (Å²) < 4.78 is 21.8. The highest BCUT2D eigenvalue weighted by molar-refractivity contribution is 7.00. The first-order valence-electron chi connectivity index (χ1n) is 5.63. The van der Waals surface area contributed by atoms with Crippen LogP contribution in [0.1, 0.15) is 10.4 Å². The molecule has 0 spiro atoms. The van der Waals surface area contributed by atoms with Crippen molar-refractivity contribution in [3.05, 3.63) is 52.8 Å². The third-order valence-corrected chi connectivity index (χ3v) is 3.57. The summed E-state index contributed by atoms with van der Waals surface area (Å²) in [6.07, 6.45) is 0. The van der Waals surface area contributed by atoms with E-state index in [9.17, 15) is 9.18 Å². The molecule has 20 heavy (non-hydrogen) atoms. The fourth-order valence-electron chi connectivity index (χ4n) is 1.77. The van der Waals surface area contributed by atoms with Gasteiger partial charge in [0.1, 0.15) is 16.9 Å². The molecule has 7 heteroatoms. The number of carbonyl (C=O) groups excluding carboxylic acids is 1. The lowest BCUT2D eigenvalue weighted by atomic mass is 10.2. The molecule has 1 amide bonds. The Hall–Kier alpha value is -2.05. The van der Waals surface area contributed by atoms with E-state index in [1.807, 2.05) is 0 Å². The van der Waals surface area contributed by atoms with E-state index < -0.39 is 11.7 Å². The van der Waals surface area contributed by atoms with E-state index in [0.717, 1.165) is 17.2 Å². The molecule has 0 fully saturated rings. The van der Waals surface area contributed by atoms with E-state index in [1.165, 1.54) is 18.2 Å². The molecule has 3 aromatic rings. The first kappa shape index (κ1) is 13.0. The summed E-state index contributed by atoms with van der Waals surface area (Å²) in [4.78, 5) is 12.1. The van der Waals surface area contributed by atoms with E-state index in [2.05, 4.69) is 14.1 Å². The molecular formula is C13H7ClFN3OS. The van der Waals surface area contributed by atoms with Crippen molar-refractivity contribution >= 4 is 46.0 Å². The molecule has 2 aromatic carbocycles. The summed E-state index contributed by atoms with van der Waals surface area (Å²) in [6, 6.07) is 9.18. The maximum absolute atomic E-state index is 13.6. The first-order valence-corrected chi connectivity index (χ1v) is 6.73. The van der Waals surface area contributed by atoms with Crippen LogP contribution in [0.15, 0.2) is 36.4 Å². The molecule has 0 unspecified atom stereocenters. The minimum Gasteiger partial charge on any atom is -0.322 e. The summed E-state index contributed by atoms with van der Waals surface area (Å²) in [5, 5.41) is 2.66. The van der Waals surface area contributed by atoms with Crippen molar-refractivity contribution in [2.24, 2.45) is 0 Å². The zero-order chi connectivity index (χ0) is 14.1. The van der Waals surface area contributed by atoms with Gasteiger partial charge in [0.05, 0.1) is 22.3 Å². The lowest BCUT2D eigenvalue weighted by Gasteiger charge is -2.07. The largest absolute Gasteiger partial charge is 0.322 e. The summed E-state index contributed by atoms with van der Waals surface area (Å²) in [5.41, 5.74) is 1.75. The van der Waals surface area contributed by atoms with E-state index in [4.69, 9.17) is 11.6 Å². The minimum absolute atomic E-state index is 0.0684. The monoisotopic (exact) mass is 307 g/mol. The second-order valence-electron chi connectivity index (χ2n) is 4.02. The minimum atomic E-state index is -0.661. The van der Waals surface area contributed by atoms with Crippen LogP contribution in [0.4, 0.5) is 10.1 Å². The molecule has 1 N–H and O–H groups in total. The number of hydrogen-bond acceptors (Lipinski definition) is 4. The number of nitrogens with zero attached hydrogens (tertiary/aromatic N) is 2. The van der Waals surface area contributed by atoms with Crippen LogP contribution in [0.3, 0.4) is 0 Å². The summed E-state index contributed by atoms with van der Waals surface area (Å²) in [5.74, 6) is -1.26. The van der Waals surface area contributed by atoms with Crippen LogP contribution in [0.5, 0.6) is 0 Å². The molecule has 0 bridgehead atoms. The van der Waals surface area contributed by atoms with Crippen LogP contribution in [-0.2, 0) is 0 Å². The third kappa shape index (κ3) is 2.35. The molecule has 100 valence electrons. The van der Waals surface area contributed by atoms with Gasteiger partial charge < -0.3 is 5.32 Å². The van der Waals surface area contributed by atoms with Crippen molar-refractivity contribution in [2.75, 3.05) is 5.32 Å². The molecular weight excluding hydrogens is 301 g/mol. The van der Waals surface area contributed by atoms with Gasteiger partial charge in [0.2, 0.25) is 0 Å². The Labute approximate surface area is 122 Å². The predicted molar refractivity (Wildman–Crippen MR) is 76.8 cm³/mol. The van der Waals surface area contributed by atoms with Crippen molar-refractivity contribution in [3.63, 3.8) is 0 Å². The number of halogens is 2. The molecule has 1 aromatic heterocycles. The van der Waals surface area contributed by atoms with Gasteiger partial charge in [0, 0.05) is 5.69 Å².